The van der Waals surface area contributed by atoms with E-state index in [1.165, 1.54) is 12.1 Å². The first-order valence-electron chi connectivity index (χ1n) is 6.94. The molecule has 23 heavy (non-hydrogen) atoms. The third kappa shape index (κ3) is 4.53. The predicted molar refractivity (Wildman–Crippen MR) is 84.7 cm³/mol. The lowest BCUT2D eigenvalue weighted by Gasteiger charge is -2.14. The van der Waals surface area contributed by atoms with Crippen molar-refractivity contribution < 1.29 is 18.7 Å². The zero-order valence-corrected chi connectivity index (χ0v) is 13.1. The molecule has 0 unspecified atom stereocenters. The molecular weight excluding hydrogens is 321 g/mol. The maximum atomic E-state index is 13.6. The van der Waals surface area contributed by atoms with Gasteiger partial charge in [-0.2, -0.15) is 0 Å². The fraction of sp³-hybridized carbons (Fsp3) is 0.176. The summed E-state index contributed by atoms with van der Waals surface area (Å²) in [5.74, 6) is -2.25. The van der Waals surface area contributed by atoms with E-state index in [0.29, 0.717) is 0 Å². The Bertz CT molecular complexity index is 686. The Morgan fingerprint density at radius 3 is 2.52 bits per heavy atom. The molecule has 0 fully saturated rings. The lowest BCUT2D eigenvalue weighted by molar-refractivity contribution is -0.124. The van der Waals surface area contributed by atoms with Crippen LogP contribution in [0.15, 0.2) is 48.5 Å². The van der Waals surface area contributed by atoms with Crippen LogP contribution in [-0.2, 0) is 9.53 Å². The number of amides is 1. The van der Waals surface area contributed by atoms with Gasteiger partial charge in [0, 0.05) is 0 Å². The SMILES string of the molecule is C[C@H](NC(=O)COC(=O)c1c(F)cccc1Cl)c1ccccc1. The fourth-order valence-electron chi connectivity index (χ4n) is 2.00. The molecule has 0 saturated heterocycles. The van der Waals surface area contributed by atoms with Crippen molar-refractivity contribution in [3.63, 3.8) is 0 Å². The smallest absolute Gasteiger partial charge is 0.343 e. The van der Waals surface area contributed by atoms with Crippen LogP contribution in [0.4, 0.5) is 4.39 Å². The van der Waals surface area contributed by atoms with Gasteiger partial charge < -0.3 is 10.1 Å². The van der Waals surface area contributed by atoms with Crippen molar-refractivity contribution >= 4 is 23.5 Å². The van der Waals surface area contributed by atoms with E-state index in [1.807, 2.05) is 37.3 Å². The standard InChI is InChI=1S/C17H15ClFNO3/c1-11(12-6-3-2-4-7-12)20-15(21)10-23-17(22)16-13(18)8-5-9-14(16)19/h2-9,11H,10H2,1H3,(H,20,21)/t11-/m0/s1. The maximum absolute atomic E-state index is 13.6. The minimum absolute atomic E-state index is 0.0620. The van der Waals surface area contributed by atoms with Crippen LogP contribution in [0.3, 0.4) is 0 Å². The second-order valence-corrected chi connectivity index (χ2v) is 5.28. The quantitative estimate of drug-likeness (QED) is 0.851. The van der Waals surface area contributed by atoms with Crippen LogP contribution in [-0.4, -0.2) is 18.5 Å². The highest BCUT2D eigenvalue weighted by Gasteiger charge is 2.19. The lowest BCUT2D eigenvalue weighted by Crippen LogP contribution is -2.31. The van der Waals surface area contributed by atoms with Crippen molar-refractivity contribution in [2.75, 3.05) is 6.61 Å². The molecule has 0 aliphatic heterocycles. The van der Waals surface area contributed by atoms with Crippen molar-refractivity contribution in [1.82, 2.24) is 5.32 Å². The van der Waals surface area contributed by atoms with Crippen molar-refractivity contribution in [3.05, 3.63) is 70.5 Å². The summed E-state index contributed by atoms with van der Waals surface area (Å²) >= 11 is 5.76. The Hall–Kier alpha value is -2.40. The molecule has 2 aromatic carbocycles. The first-order chi connectivity index (χ1) is 11.0. The third-order valence-corrected chi connectivity index (χ3v) is 3.49. The van der Waals surface area contributed by atoms with Crippen LogP contribution in [0.25, 0.3) is 0 Å². The Morgan fingerprint density at radius 1 is 1.17 bits per heavy atom. The molecule has 0 aromatic heterocycles. The molecule has 0 radical (unpaired) electrons. The first kappa shape index (κ1) is 17.0. The van der Waals surface area contributed by atoms with Gasteiger partial charge in [-0.05, 0) is 24.6 Å². The normalized spacial score (nSPS) is 11.6. The molecule has 120 valence electrons. The van der Waals surface area contributed by atoms with E-state index >= 15 is 0 Å². The van der Waals surface area contributed by atoms with Crippen LogP contribution in [0, 0.1) is 5.82 Å². The highest BCUT2D eigenvalue weighted by atomic mass is 35.5. The molecule has 1 atom stereocenters. The molecule has 0 saturated carbocycles. The van der Waals surface area contributed by atoms with E-state index in [1.54, 1.807) is 0 Å². The fourth-order valence-corrected chi connectivity index (χ4v) is 2.24. The number of hydrogen-bond acceptors (Lipinski definition) is 3. The highest BCUT2D eigenvalue weighted by Crippen LogP contribution is 2.19. The molecule has 0 spiro atoms. The highest BCUT2D eigenvalue weighted by molar-refractivity contribution is 6.33. The van der Waals surface area contributed by atoms with Crippen LogP contribution in [0.1, 0.15) is 28.9 Å². The minimum Gasteiger partial charge on any atom is -0.452 e. The molecule has 0 aliphatic rings. The Labute approximate surface area is 138 Å². The molecule has 0 heterocycles. The molecule has 1 N–H and O–H groups in total. The summed E-state index contributed by atoms with van der Waals surface area (Å²) in [7, 11) is 0. The minimum atomic E-state index is -0.976. The maximum Gasteiger partial charge on any atom is 0.343 e. The average molecular weight is 336 g/mol. The Kier molecular flexibility index (Phi) is 5.71. The van der Waals surface area contributed by atoms with Crippen LogP contribution in [0.5, 0.6) is 0 Å². The number of halogens is 2. The summed E-state index contributed by atoms with van der Waals surface area (Å²) in [5, 5.41) is 2.63. The number of nitrogens with one attached hydrogen (secondary N) is 1. The zero-order valence-electron chi connectivity index (χ0n) is 12.4. The Balaban J connectivity index is 1.91. The van der Waals surface area contributed by atoms with Gasteiger partial charge in [-0.25, -0.2) is 9.18 Å². The molecule has 0 bridgehead atoms. The van der Waals surface area contributed by atoms with Crippen LogP contribution < -0.4 is 5.32 Å². The summed E-state index contributed by atoms with van der Waals surface area (Å²) in [4.78, 5) is 23.6. The summed E-state index contributed by atoms with van der Waals surface area (Å²) in [6.07, 6.45) is 0. The number of carbonyl (C=O) groups is 2. The van der Waals surface area contributed by atoms with Gasteiger partial charge in [0.05, 0.1) is 11.1 Å². The summed E-state index contributed by atoms with van der Waals surface area (Å²) in [5.41, 5.74) is 0.544. The van der Waals surface area contributed by atoms with E-state index in [2.05, 4.69) is 5.32 Å². The molecule has 1 amide bonds. The zero-order chi connectivity index (χ0) is 16.8. The van der Waals surface area contributed by atoms with Gasteiger partial charge in [-0.15, -0.1) is 0 Å². The molecule has 0 aliphatic carbocycles. The van der Waals surface area contributed by atoms with Crippen molar-refractivity contribution in [2.24, 2.45) is 0 Å². The molecule has 4 nitrogen and oxygen atoms in total. The molecule has 2 aromatic rings. The number of hydrogen-bond donors (Lipinski definition) is 1. The number of rotatable bonds is 5. The van der Waals surface area contributed by atoms with Crippen molar-refractivity contribution in [1.29, 1.82) is 0 Å². The van der Waals surface area contributed by atoms with E-state index in [4.69, 9.17) is 16.3 Å². The first-order valence-corrected chi connectivity index (χ1v) is 7.32. The summed E-state index contributed by atoms with van der Waals surface area (Å²) in [6.45, 7) is 1.30. The largest absolute Gasteiger partial charge is 0.452 e. The van der Waals surface area contributed by atoms with Crippen molar-refractivity contribution in [3.8, 4) is 0 Å². The average Bonchev–Trinajstić information content (AvgIpc) is 2.53. The van der Waals surface area contributed by atoms with E-state index in [-0.39, 0.29) is 16.6 Å². The van der Waals surface area contributed by atoms with Gasteiger partial charge in [-0.1, -0.05) is 48.0 Å². The van der Waals surface area contributed by atoms with Gasteiger partial charge in [-0.3, -0.25) is 4.79 Å². The van der Waals surface area contributed by atoms with Gasteiger partial charge in [0.2, 0.25) is 0 Å². The van der Waals surface area contributed by atoms with Crippen LogP contribution in [0.2, 0.25) is 5.02 Å². The topological polar surface area (TPSA) is 55.4 Å². The second kappa shape index (κ2) is 7.74. The predicted octanol–water partition coefficient (Wildman–Crippen LogP) is 3.51. The van der Waals surface area contributed by atoms with Crippen LogP contribution >= 0.6 is 11.6 Å². The molecule has 6 heteroatoms. The summed E-state index contributed by atoms with van der Waals surface area (Å²) in [6, 6.07) is 12.9. The summed E-state index contributed by atoms with van der Waals surface area (Å²) < 4.78 is 18.4. The Morgan fingerprint density at radius 2 is 1.87 bits per heavy atom. The lowest BCUT2D eigenvalue weighted by atomic mass is 10.1. The number of carbonyl (C=O) groups excluding carboxylic acids is 2. The molecular formula is C17H15ClFNO3. The number of benzene rings is 2. The van der Waals surface area contributed by atoms with Gasteiger partial charge in [0.25, 0.3) is 5.91 Å². The number of esters is 1. The third-order valence-electron chi connectivity index (χ3n) is 3.18. The van der Waals surface area contributed by atoms with Gasteiger partial charge in [0.1, 0.15) is 11.4 Å². The monoisotopic (exact) mass is 335 g/mol. The second-order valence-electron chi connectivity index (χ2n) is 4.87. The number of ether oxygens (including phenoxy) is 1. The van der Waals surface area contributed by atoms with E-state index in [0.717, 1.165) is 11.6 Å². The van der Waals surface area contributed by atoms with Gasteiger partial charge in [0.15, 0.2) is 6.61 Å². The van der Waals surface area contributed by atoms with E-state index in [9.17, 15) is 14.0 Å². The van der Waals surface area contributed by atoms with Crippen molar-refractivity contribution in [2.45, 2.75) is 13.0 Å². The van der Waals surface area contributed by atoms with E-state index < -0.39 is 24.3 Å². The molecule has 2 rings (SSSR count). The van der Waals surface area contributed by atoms with Gasteiger partial charge >= 0.3 is 5.97 Å².